The predicted octanol–water partition coefficient (Wildman–Crippen LogP) is 3.34. The number of halogens is 1. The van der Waals surface area contributed by atoms with Crippen molar-refractivity contribution in [3.05, 3.63) is 64.7 Å². The minimum absolute atomic E-state index is 0.0560. The number of hydrogen-bond acceptors (Lipinski definition) is 2. The summed E-state index contributed by atoms with van der Waals surface area (Å²) in [6.07, 6.45) is 1.01. The number of aryl methyl sites for hydroxylation is 2. The Hall–Kier alpha value is -2.33. The number of carbonyl (C=O) groups is 2. The van der Waals surface area contributed by atoms with Crippen molar-refractivity contribution in [1.82, 2.24) is 5.32 Å². The fourth-order valence-corrected chi connectivity index (χ4v) is 2.27. The van der Waals surface area contributed by atoms with Crippen LogP contribution in [0.5, 0.6) is 0 Å². The van der Waals surface area contributed by atoms with E-state index in [2.05, 4.69) is 10.6 Å². The minimum atomic E-state index is -0.275. The van der Waals surface area contributed by atoms with Crippen LogP contribution in [-0.2, 0) is 16.0 Å². The van der Waals surface area contributed by atoms with Crippen molar-refractivity contribution in [1.29, 1.82) is 0 Å². The van der Waals surface area contributed by atoms with Gasteiger partial charge < -0.3 is 10.6 Å². The molecule has 0 radical (unpaired) electrons. The lowest BCUT2D eigenvalue weighted by atomic mass is 10.1. The normalized spacial score (nSPS) is 10.2. The van der Waals surface area contributed by atoms with E-state index in [0.717, 1.165) is 11.1 Å². The van der Waals surface area contributed by atoms with Gasteiger partial charge in [0.25, 0.3) is 0 Å². The highest BCUT2D eigenvalue weighted by atomic mass is 35.5. The van der Waals surface area contributed by atoms with Crippen LogP contribution in [0.1, 0.15) is 17.5 Å². The second-order valence-corrected chi connectivity index (χ2v) is 5.71. The molecule has 4 nitrogen and oxygen atoms in total. The highest BCUT2D eigenvalue weighted by Crippen LogP contribution is 2.19. The summed E-state index contributed by atoms with van der Waals surface area (Å²) in [6, 6.07) is 15.0. The predicted molar refractivity (Wildman–Crippen MR) is 92.6 cm³/mol. The molecule has 0 aliphatic rings. The van der Waals surface area contributed by atoms with Crippen molar-refractivity contribution >= 4 is 29.1 Å². The molecule has 0 atom stereocenters. The Morgan fingerprint density at radius 3 is 2.52 bits per heavy atom. The molecule has 2 aromatic carbocycles. The zero-order valence-electron chi connectivity index (χ0n) is 12.9. The molecule has 120 valence electrons. The Morgan fingerprint density at radius 1 is 1.04 bits per heavy atom. The Labute approximate surface area is 140 Å². The van der Waals surface area contributed by atoms with Gasteiger partial charge in [0, 0.05) is 17.1 Å². The summed E-state index contributed by atoms with van der Waals surface area (Å²) in [5, 5.41) is 5.92. The molecule has 0 aliphatic carbocycles. The van der Waals surface area contributed by atoms with E-state index in [-0.39, 0.29) is 18.4 Å². The number of benzene rings is 2. The van der Waals surface area contributed by atoms with E-state index in [9.17, 15) is 9.59 Å². The summed E-state index contributed by atoms with van der Waals surface area (Å²) >= 11 is 5.91. The van der Waals surface area contributed by atoms with Crippen LogP contribution in [-0.4, -0.2) is 18.4 Å². The molecule has 0 unspecified atom stereocenters. The van der Waals surface area contributed by atoms with Crippen LogP contribution in [0.3, 0.4) is 0 Å². The van der Waals surface area contributed by atoms with Crippen molar-refractivity contribution in [2.75, 3.05) is 11.9 Å². The molecule has 0 spiro atoms. The smallest absolute Gasteiger partial charge is 0.243 e. The quantitative estimate of drug-likeness (QED) is 0.853. The lowest BCUT2D eigenvalue weighted by Gasteiger charge is -2.09. The fraction of sp³-hybridized carbons (Fsp3) is 0.222. The monoisotopic (exact) mass is 330 g/mol. The molecule has 0 heterocycles. The van der Waals surface area contributed by atoms with E-state index in [1.54, 1.807) is 12.1 Å². The molecule has 0 saturated carbocycles. The van der Waals surface area contributed by atoms with Crippen LogP contribution in [0.4, 0.5) is 5.69 Å². The van der Waals surface area contributed by atoms with Crippen LogP contribution < -0.4 is 10.6 Å². The average Bonchev–Trinajstić information content (AvgIpc) is 2.55. The second kappa shape index (κ2) is 8.34. The number of nitrogens with one attached hydrogen (secondary N) is 2. The molecule has 2 N–H and O–H groups in total. The second-order valence-electron chi connectivity index (χ2n) is 5.27. The summed E-state index contributed by atoms with van der Waals surface area (Å²) in [6.45, 7) is 1.82. The van der Waals surface area contributed by atoms with Crippen LogP contribution in [0.2, 0.25) is 5.02 Å². The van der Waals surface area contributed by atoms with Crippen LogP contribution >= 0.6 is 11.6 Å². The molecule has 0 aromatic heterocycles. The lowest BCUT2D eigenvalue weighted by Crippen LogP contribution is -2.33. The van der Waals surface area contributed by atoms with E-state index >= 15 is 0 Å². The van der Waals surface area contributed by atoms with E-state index in [1.165, 1.54) is 0 Å². The van der Waals surface area contributed by atoms with Gasteiger partial charge in [0.2, 0.25) is 11.8 Å². The van der Waals surface area contributed by atoms with Crippen LogP contribution in [0.15, 0.2) is 48.5 Å². The molecule has 0 aliphatic heterocycles. The average molecular weight is 331 g/mol. The SMILES string of the molecule is Cc1ccc(Cl)cc1NC(=O)CNC(=O)CCc1ccccc1. The molecule has 2 rings (SSSR count). The first-order valence-electron chi connectivity index (χ1n) is 7.41. The molecule has 0 fully saturated rings. The van der Waals surface area contributed by atoms with E-state index in [1.807, 2.05) is 43.3 Å². The Balaban J connectivity index is 1.75. The molecule has 2 aromatic rings. The molecule has 0 saturated heterocycles. The van der Waals surface area contributed by atoms with E-state index < -0.39 is 0 Å². The summed E-state index contributed by atoms with van der Waals surface area (Å²) < 4.78 is 0. The molecular formula is C18H19ClN2O2. The van der Waals surface area contributed by atoms with E-state index in [0.29, 0.717) is 23.6 Å². The maximum absolute atomic E-state index is 11.9. The minimum Gasteiger partial charge on any atom is -0.347 e. The van der Waals surface area contributed by atoms with Crippen molar-refractivity contribution in [2.45, 2.75) is 19.8 Å². The lowest BCUT2D eigenvalue weighted by molar-refractivity contribution is -0.124. The number of rotatable bonds is 6. The van der Waals surface area contributed by atoms with Crippen molar-refractivity contribution in [3.63, 3.8) is 0 Å². The largest absolute Gasteiger partial charge is 0.347 e. The van der Waals surface area contributed by atoms with Gasteiger partial charge in [-0.3, -0.25) is 9.59 Å². The van der Waals surface area contributed by atoms with Crippen molar-refractivity contribution in [3.8, 4) is 0 Å². The van der Waals surface area contributed by atoms with Gasteiger partial charge in [0.1, 0.15) is 0 Å². The van der Waals surface area contributed by atoms with Gasteiger partial charge in [0.05, 0.1) is 6.54 Å². The Morgan fingerprint density at radius 2 is 1.78 bits per heavy atom. The van der Waals surface area contributed by atoms with Crippen LogP contribution in [0, 0.1) is 6.92 Å². The number of hydrogen-bond donors (Lipinski definition) is 2. The van der Waals surface area contributed by atoms with Gasteiger partial charge in [0.15, 0.2) is 0 Å². The topological polar surface area (TPSA) is 58.2 Å². The third-order valence-electron chi connectivity index (χ3n) is 3.40. The summed E-state index contributed by atoms with van der Waals surface area (Å²) in [4.78, 5) is 23.7. The molecule has 23 heavy (non-hydrogen) atoms. The Bertz CT molecular complexity index is 687. The third-order valence-corrected chi connectivity index (χ3v) is 3.64. The van der Waals surface area contributed by atoms with Crippen molar-refractivity contribution in [2.24, 2.45) is 0 Å². The summed E-state index contributed by atoms with van der Waals surface area (Å²) in [5.41, 5.74) is 2.67. The zero-order chi connectivity index (χ0) is 16.7. The van der Waals surface area contributed by atoms with Gasteiger partial charge in [-0.05, 0) is 36.6 Å². The molecule has 0 bridgehead atoms. The fourth-order valence-electron chi connectivity index (χ4n) is 2.09. The molecule has 5 heteroatoms. The number of amides is 2. The highest BCUT2D eigenvalue weighted by Gasteiger charge is 2.08. The maximum Gasteiger partial charge on any atom is 0.243 e. The summed E-state index contributed by atoms with van der Waals surface area (Å²) in [5.74, 6) is -0.421. The molecular weight excluding hydrogens is 312 g/mol. The standard InChI is InChI=1S/C18H19ClN2O2/c1-13-7-9-15(19)11-16(13)21-18(23)12-20-17(22)10-8-14-5-3-2-4-6-14/h2-7,9,11H,8,10,12H2,1H3,(H,20,22)(H,21,23). The van der Waals surface area contributed by atoms with Gasteiger partial charge in [-0.25, -0.2) is 0 Å². The first-order chi connectivity index (χ1) is 11.0. The first-order valence-corrected chi connectivity index (χ1v) is 7.79. The number of anilines is 1. The Kier molecular flexibility index (Phi) is 6.18. The first kappa shape index (κ1) is 17.0. The van der Waals surface area contributed by atoms with Gasteiger partial charge >= 0.3 is 0 Å². The highest BCUT2D eigenvalue weighted by molar-refractivity contribution is 6.31. The van der Waals surface area contributed by atoms with Gasteiger partial charge in [-0.1, -0.05) is 48.0 Å². The van der Waals surface area contributed by atoms with Crippen molar-refractivity contribution < 1.29 is 9.59 Å². The maximum atomic E-state index is 11.9. The summed E-state index contributed by atoms with van der Waals surface area (Å²) in [7, 11) is 0. The van der Waals surface area contributed by atoms with Gasteiger partial charge in [-0.2, -0.15) is 0 Å². The third kappa shape index (κ3) is 5.75. The number of carbonyl (C=O) groups excluding carboxylic acids is 2. The van der Waals surface area contributed by atoms with Gasteiger partial charge in [-0.15, -0.1) is 0 Å². The van der Waals surface area contributed by atoms with E-state index in [4.69, 9.17) is 11.6 Å². The molecule has 2 amide bonds. The zero-order valence-corrected chi connectivity index (χ0v) is 13.7. The van der Waals surface area contributed by atoms with Crippen LogP contribution in [0.25, 0.3) is 0 Å².